The number of ether oxygens (including phenoxy) is 1. The number of hydrogen-bond acceptors (Lipinski definition) is 4. The molecule has 6 nitrogen and oxygen atoms in total. The van der Waals surface area contributed by atoms with Crippen molar-refractivity contribution in [1.29, 1.82) is 0 Å². The lowest BCUT2D eigenvalue weighted by Gasteiger charge is -2.05. The molecule has 0 spiro atoms. The molecule has 0 saturated carbocycles. The number of rotatable bonds is 5. The van der Waals surface area contributed by atoms with E-state index in [0.717, 1.165) is 0 Å². The Kier molecular flexibility index (Phi) is 4.61. The Balaban J connectivity index is 2.31. The van der Waals surface area contributed by atoms with Gasteiger partial charge in [-0.15, -0.1) is 0 Å². The largest absolute Gasteiger partial charge is 0.476 e. The zero-order valence-corrected chi connectivity index (χ0v) is 13.5. The molecule has 3 rings (SSSR count). The maximum absolute atomic E-state index is 12.5. The van der Waals surface area contributed by atoms with E-state index in [2.05, 4.69) is 5.10 Å². The minimum absolute atomic E-state index is 0.0515. The molecule has 0 atom stereocenters. The fraction of sp³-hybridized carbons (Fsp3) is 0.105. The van der Waals surface area contributed by atoms with Crippen molar-refractivity contribution in [1.82, 2.24) is 9.78 Å². The SMILES string of the molecule is CCOC(=O)c1c(-c2ccccc2)nn(-c2ccccc2)c1C(=O)O. The van der Waals surface area contributed by atoms with E-state index in [1.165, 1.54) is 4.68 Å². The summed E-state index contributed by atoms with van der Waals surface area (Å²) in [5.41, 5.74) is 1.20. The van der Waals surface area contributed by atoms with Crippen LogP contribution in [0.15, 0.2) is 60.7 Å². The highest BCUT2D eigenvalue weighted by Gasteiger charge is 2.30. The van der Waals surface area contributed by atoms with Crippen LogP contribution in [0.2, 0.25) is 0 Å². The van der Waals surface area contributed by atoms with Crippen molar-refractivity contribution >= 4 is 11.9 Å². The maximum Gasteiger partial charge on any atom is 0.355 e. The van der Waals surface area contributed by atoms with Crippen LogP contribution >= 0.6 is 0 Å². The Bertz CT molecular complexity index is 902. The fourth-order valence-electron chi connectivity index (χ4n) is 2.57. The Morgan fingerprint density at radius 2 is 1.64 bits per heavy atom. The lowest BCUT2D eigenvalue weighted by atomic mass is 10.1. The summed E-state index contributed by atoms with van der Waals surface area (Å²) >= 11 is 0. The van der Waals surface area contributed by atoms with Gasteiger partial charge in [0, 0.05) is 5.56 Å². The Labute approximate surface area is 144 Å². The second-order valence-electron chi connectivity index (χ2n) is 5.21. The molecule has 0 radical (unpaired) electrons. The average molecular weight is 336 g/mol. The molecule has 2 aromatic carbocycles. The number of carbonyl (C=O) groups excluding carboxylic acids is 1. The van der Waals surface area contributed by atoms with Gasteiger partial charge in [0.25, 0.3) is 0 Å². The molecular weight excluding hydrogens is 320 g/mol. The number of para-hydroxylation sites is 1. The van der Waals surface area contributed by atoms with E-state index in [-0.39, 0.29) is 23.6 Å². The summed E-state index contributed by atoms with van der Waals surface area (Å²) in [6, 6.07) is 17.8. The second kappa shape index (κ2) is 7.00. The first kappa shape index (κ1) is 16.4. The molecule has 0 amide bonds. The Morgan fingerprint density at radius 1 is 1.04 bits per heavy atom. The van der Waals surface area contributed by atoms with Crippen LogP contribution in [0, 0.1) is 0 Å². The van der Waals surface area contributed by atoms with Gasteiger partial charge < -0.3 is 9.84 Å². The quantitative estimate of drug-likeness (QED) is 0.722. The number of aromatic nitrogens is 2. The first-order valence-corrected chi connectivity index (χ1v) is 7.77. The molecule has 1 N–H and O–H groups in total. The van der Waals surface area contributed by atoms with Crippen LogP contribution in [0.3, 0.4) is 0 Å². The molecular formula is C19H16N2O4. The van der Waals surface area contributed by atoms with E-state index in [1.807, 2.05) is 12.1 Å². The molecule has 25 heavy (non-hydrogen) atoms. The van der Waals surface area contributed by atoms with Gasteiger partial charge in [-0.3, -0.25) is 0 Å². The summed E-state index contributed by atoms with van der Waals surface area (Å²) in [6.45, 7) is 1.81. The third-order valence-corrected chi connectivity index (χ3v) is 3.62. The monoisotopic (exact) mass is 336 g/mol. The molecule has 0 aliphatic rings. The summed E-state index contributed by atoms with van der Waals surface area (Å²) in [7, 11) is 0. The summed E-state index contributed by atoms with van der Waals surface area (Å²) in [5, 5.41) is 14.1. The Morgan fingerprint density at radius 3 is 2.20 bits per heavy atom. The number of esters is 1. The van der Waals surface area contributed by atoms with Gasteiger partial charge in [0.2, 0.25) is 0 Å². The zero-order chi connectivity index (χ0) is 17.8. The zero-order valence-electron chi connectivity index (χ0n) is 13.5. The van der Waals surface area contributed by atoms with E-state index in [4.69, 9.17) is 4.74 Å². The van der Waals surface area contributed by atoms with E-state index in [1.54, 1.807) is 55.5 Å². The minimum atomic E-state index is -1.25. The molecule has 1 heterocycles. The lowest BCUT2D eigenvalue weighted by molar-refractivity contribution is 0.0514. The van der Waals surface area contributed by atoms with Crippen molar-refractivity contribution in [3.05, 3.63) is 71.9 Å². The van der Waals surface area contributed by atoms with E-state index in [0.29, 0.717) is 11.3 Å². The second-order valence-corrected chi connectivity index (χ2v) is 5.21. The molecule has 1 aromatic heterocycles. The van der Waals surface area contributed by atoms with Gasteiger partial charge in [-0.1, -0.05) is 48.5 Å². The molecule has 3 aromatic rings. The highest BCUT2D eigenvalue weighted by atomic mass is 16.5. The number of benzene rings is 2. The van der Waals surface area contributed by atoms with Crippen LogP contribution in [-0.4, -0.2) is 33.4 Å². The summed E-state index contributed by atoms with van der Waals surface area (Å²) in [4.78, 5) is 24.4. The number of carboxylic acid groups (broad SMARTS) is 1. The Hall–Kier alpha value is -3.41. The van der Waals surface area contributed by atoms with Gasteiger partial charge in [0.05, 0.1) is 12.3 Å². The van der Waals surface area contributed by atoms with Crippen molar-refractivity contribution < 1.29 is 19.4 Å². The molecule has 0 unspecified atom stereocenters. The van der Waals surface area contributed by atoms with E-state index < -0.39 is 11.9 Å². The standard InChI is InChI=1S/C19H16N2O4/c1-2-25-19(24)15-16(13-9-5-3-6-10-13)20-21(17(15)18(22)23)14-11-7-4-8-12-14/h3-12H,2H2,1H3,(H,22,23). The lowest BCUT2D eigenvalue weighted by Crippen LogP contribution is -2.14. The van der Waals surface area contributed by atoms with Crippen LogP contribution in [0.5, 0.6) is 0 Å². The maximum atomic E-state index is 12.5. The van der Waals surface area contributed by atoms with Crippen molar-refractivity contribution in [2.75, 3.05) is 6.61 Å². The highest BCUT2D eigenvalue weighted by Crippen LogP contribution is 2.28. The van der Waals surface area contributed by atoms with Crippen molar-refractivity contribution in [3.8, 4) is 16.9 Å². The van der Waals surface area contributed by atoms with Crippen LogP contribution < -0.4 is 0 Å². The third kappa shape index (κ3) is 3.14. The van der Waals surface area contributed by atoms with Crippen LogP contribution in [0.1, 0.15) is 27.8 Å². The molecule has 0 bridgehead atoms. The fourth-order valence-corrected chi connectivity index (χ4v) is 2.57. The molecule has 0 saturated heterocycles. The highest BCUT2D eigenvalue weighted by molar-refractivity contribution is 6.06. The van der Waals surface area contributed by atoms with Crippen LogP contribution in [-0.2, 0) is 4.74 Å². The summed E-state index contributed by atoms with van der Waals surface area (Å²) in [6.07, 6.45) is 0. The predicted molar refractivity (Wildman–Crippen MR) is 91.9 cm³/mol. The molecule has 126 valence electrons. The molecule has 6 heteroatoms. The molecule has 0 aliphatic carbocycles. The number of hydrogen-bond donors (Lipinski definition) is 1. The van der Waals surface area contributed by atoms with Crippen molar-refractivity contribution in [2.24, 2.45) is 0 Å². The summed E-state index contributed by atoms with van der Waals surface area (Å²) < 4.78 is 6.34. The van der Waals surface area contributed by atoms with E-state index >= 15 is 0 Å². The van der Waals surface area contributed by atoms with E-state index in [9.17, 15) is 14.7 Å². The number of carboxylic acids is 1. The number of carbonyl (C=O) groups is 2. The normalized spacial score (nSPS) is 10.4. The van der Waals surface area contributed by atoms with Crippen LogP contribution in [0.25, 0.3) is 16.9 Å². The van der Waals surface area contributed by atoms with Gasteiger partial charge in [-0.05, 0) is 19.1 Å². The molecule has 0 aliphatic heterocycles. The topological polar surface area (TPSA) is 81.4 Å². The smallest absolute Gasteiger partial charge is 0.355 e. The molecule has 0 fully saturated rings. The number of aromatic carboxylic acids is 1. The average Bonchev–Trinajstić information content (AvgIpc) is 3.04. The predicted octanol–water partition coefficient (Wildman–Crippen LogP) is 3.41. The van der Waals surface area contributed by atoms with Crippen molar-refractivity contribution in [2.45, 2.75) is 6.92 Å². The van der Waals surface area contributed by atoms with Gasteiger partial charge in [-0.2, -0.15) is 5.10 Å². The van der Waals surface area contributed by atoms with Gasteiger partial charge in [0.15, 0.2) is 5.69 Å². The number of nitrogens with zero attached hydrogens (tertiary/aromatic N) is 2. The van der Waals surface area contributed by atoms with Crippen LogP contribution in [0.4, 0.5) is 0 Å². The third-order valence-electron chi connectivity index (χ3n) is 3.62. The van der Waals surface area contributed by atoms with Gasteiger partial charge in [0.1, 0.15) is 11.3 Å². The van der Waals surface area contributed by atoms with Gasteiger partial charge in [-0.25, -0.2) is 14.3 Å². The first-order valence-electron chi connectivity index (χ1n) is 7.77. The van der Waals surface area contributed by atoms with Crippen molar-refractivity contribution in [3.63, 3.8) is 0 Å². The van der Waals surface area contributed by atoms with Gasteiger partial charge >= 0.3 is 11.9 Å². The minimum Gasteiger partial charge on any atom is -0.476 e. The first-order chi connectivity index (χ1) is 12.1. The summed E-state index contributed by atoms with van der Waals surface area (Å²) in [5.74, 6) is -1.96.